The van der Waals surface area contributed by atoms with E-state index in [2.05, 4.69) is 32.9 Å². The Balaban J connectivity index is 3.09. The Kier molecular flexibility index (Phi) is 8.64. The lowest BCUT2D eigenvalue weighted by Crippen LogP contribution is -1.90. The van der Waals surface area contributed by atoms with E-state index < -0.39 is 0 Å². The number of hydrogen-bond donors (Lipinski definition) is 0. The Hall–Kier alpha value is -0.260. The third-order valence-corrected chi connectivity index (χ3v) is 2.39. The van der Waals surface area contributed by atoms with E-state index in [1.807, 2.05) is 0 Å². The van der Waals surface area contributed by atoms with Crippen molar-refractivity contribution in [2.24, 2.45) is 5.92 Å². The summed E-state index contributed by atoms with van der Waals surface area (Å²) in [5.41, 5.74) is 0. The summed E-state index contributed by atoms with van der Waals surface area (Å²) in [7, 11) is 0. The summed E-state index contributed by atoms with van der Waals surface area (Å²) in [6.07, 6.45) is 12.6. The first kappa shape index (κ1) is 11.7. The average Bonchev–Trinajstić information content (AvgIpc) is 2.10. The van der Waals surface area contributed by atoms with Gasteiger partial charge in [0.2, 0.25) is 0 Å². The first-order valence-electron chi connectivity index (χ1n) is 5.46. The fraction of sp³-hybridized carbons (Fsp3) is 0.833. The predicted octanol–water partition coefficient (Wildman–Crippen LogP) is 4.56. The molecule has 0 aromatic heterocycles. The van der Waals surface area contributed by atoms with Crippen molar-refractivity contribution in [3.8, 4) is 0 Å². The van der Waals surface area contributed by atoms with Crippen LogP contribution in [0.15, 0.2) is 12.2 Å². The molecule has 0 fully saturated rings. The predicted molar refractivity (Wildman–Crippen MR) is 57.4 cm³/mol. The quantitative estimate of drug-likeness (QED) is 0.386. The molecule has 0 aliphatic rings. The van der Waals surface area contributed by atoms with Gasteiger partial charge in [-0.15, -0.1) is 0 Å². The van der Waals surface area contributed by atoms with E-state index in [4.69, 9.17) is 0 Å². The van der Waals surface area contributed by atoms with Crippen LogP contribution < -0.4 is 0 Å². The van der Waals surface area contributed by atoms with Crippen molar-refractivity contribution < 1.29 is 0 Å². The molecule has 0 aromatic carbocycles. The molecule has 0 spiro atoms. The first-order valence-corrected chi connectivity index (χ1v) is 5.46. The highest BCUT2D eigenvalue weighted by Crippen LogP contribution is 2.11. The zero-order valence-electron chi connectivity index (χ0n) is 8.97. The second-order valence-electron chi connectivity index (χ2n) is 3.70. The monoisotopic (exact) mass is 168 g/mol. The fourth-order valence-corrected chi connectivity index (χ4v) is 1.19. The summed E-state index contributed by atoms with van der Waals surface area (Å²) in [6.45, 7) is 6.84. The summed E-state index contributed by atoms with van der Waals surface area (Å²) in [5.74, 6) is 0.921. The SMILES string of the molecule is CCC/C=C/CCCC(C)CC. The number of hydrogen-bond acceptors (Lipinski definition) is 0. The third kappa shape index (κ3) is 7.84. The summed E-state index contributed by atoms with van der Waals surface area (Å²) in [5, 5.41) is 0. The van der Waals surface area contributed by atoms with Crippen molar-refractivity contribution in [1.82, 2.24) is 0 Å². The molecule has 0 heterocycles. The first-order chi connectivity index (χ1) is 5.81. The summed E-state index contributed by atoms with van der Waals surface area (Å²) < 4.78 is 0. The molecule has 0 aliphatic heterocycles. The van der Waals surface area contributed by atoms with Gasteiger partial charge >= 0.3 is 0 Å². The van der Waals surface area contributed by atoms with Crippen LogP contribution in [0.3, 0.4) is 0 Å². The molecule has 0 amide bonds. The van der Waals surface area contributed by atoms with Crippen molar-refractivity contribution in [1.29, 1.82) is 0 Å². The molecule has 0 nitrogen and oxygen atoms in total. The second kappa shape index (κ2) is 8.83. The van der Waals surface area contributed by atoms with Crippen LogP contribution in [0.25, 0.3) is 0 Å². The topological polar surface area (TPSA) is 0 Å². The maximum atomic E-state index is 2.34. The number of rotatable bonds is 7. The van der Waals surface area contributed by atoms with Crippen molar-refractivity contribution in [2.75, 3.05) is 0 Å². The van der Waals surface area contributed by atoms with Gasteiger partial charge in [-0.05, 0) is 25.2 Å². The molecule has 0 saturated carbocycles. The fourth-order valence-electron chi connectivity index (χ4n) is 1.19. The largest absolute Gasteiger partial charge is 0.0885 e. The van der Waals surface area contributed by atoms with E-state index in [0.29, 0.717) is 0 Å². The van der Waals surface area contributed by atoms with E-state index >= 15 is 0 Å². The molecular weight excluding hydrogens is 144 g/mol. The van der Waals surface area contributed by atoms with Crippen LogP contribution in [0.2, 0.25) is 0 Å². The highest BCUT2D eigenvalue weighted by molar-refractivity contribution is 4.80. The molecular formula is C12H24. The summed E-state index contributed by atoms with van der Waals surface area (Å²) in [4.78, 5) is 0. The van der Waals surface area contributed by atoms with E-state index in [1.54, 1.807) is 0 Å². The van der Waals surface area contributed by atoms with Gasteiger partial charge in [0.15, 0.2) is 0 Å². The summed E-state index contributed by atoms with van der Waals surface area (Å²) >= 11 is 0. The minimum atomic E-state index is 0.921. The number of allylic oxidation sites excluding steroid dienone is 2. The molecule has 72 valence electrons. The van der Waals surface area contributed by atoms with Crippen LogP contribution in [0.5, 0.6) is 0 Å². The minimum Gasteiger partial charge on any atom is -0.0885 e. The van der Waals surface area contributed by atoms with Gasteiger partial charge in [0, 0.05) is 0 Å². The molecule has 0 aliphatic carbocycles. The lowest BCUT2D eigenvalue weighted by molar-refractivity contribution is 0.498. The van der Waals surface area contributed by atoms with E-state index in [1.165, 1.54) is 38.5 Å². The standard InChI is InChI=1S/C12H24/c1-4-6-7-8-9-10-11-12(3)5-2/h7-8,12H,4-6,9-11H2,1-3H3/b8-7+. The normalized spacial score (nSPS) is 13.9. The lowest BCUT2D eigenvalue weighted by atomic mass is 10.0. The molecule has 0 radical (unpaired) electrons. The van der Waals surface area contributed by atoms with E-state index in [9.17, 15) is 0 Å². The minimum absolute atomic E-state index is 0.921. The highest BCUT2D eigenvalue weighted by atomic mass is 14.0. The van der Waals surface area contributed by atoms with Gasteiger partial charge in [0.25, 0.3) is 0 Å². The highest BCUT2D eigenvalue weighted by Gasteiger charge is 1.95. The maximum Gasteiger partial charge on any atom is -0.0351 e. The lowest BCUT2D eigenvalue weighted by Gasteiger charge is -2.05. The Morgan fingerprint density at radius 1 is 1.08 bits per heavy atom. The van der Waals surface area contributed by atoms with E-state index in [-0.39, 0.29) is 0 Å². The molecule has 0 bridgehead atoms. The molecule has 1 atom stereocenters. The number of unbranched alkanes of at least 4 members (excludes halogenated alkanes) is 2. The van der Waals surface area contributed by atoms with Crippen LogP contribution in [-0.4, -0.2) is 0 Å². The zero-order chi connectivity index (χ0) is 9.23. The Bertz CT molecular complexity index is 103. The molecule has 1 unspecified atom stereocenters. The van der Waals surface area contributed by atoms with Gasteiger partial charge in [-0.3, -0.25) is 0 Å². The smallest absolute Gasteiger partial charge is 0.0351 e. The maximum absolute atomic E-state index is 2.34. The Morgan fingerprint density at radius 2 is 1.75 bits per heavy atom. The van der Waals surface area contributed by atoms with Crippen molar-refractivity contribution >= 4 is 0 Å². The van der Waals surface area contributed by atoms with Crippen molar-refractivity contribution in [2.45, 2.75) is 59.3 Å². The van der Waals surface area contributed by atoms with Crippen molar-refractivity contribution in [3.05, 3.63) is 12.2 Å². The molecule has 12 heavy (non-hydrogen) atoms. The Morgan fingerprint density at radius 3 is 2.33 bits per heavy atom. The van der Waals surface area contributed by atoms with Gasteiger partial charge in [0.1, 0.15) is 0 Å². The van der Waals surface area contributed by atoms with Crippen LogP contribution >= 0.6 is 0 Å². The van der Waals surface area contributed by atoms with E-state index in [0.717, 1.165) is 5.92 Å². The molecule has 0 N–H and O–H groups in total. The molecule has 0 saturated heterocycles. The van der Waals surface area contributed by atoms with Gasteiger partial charge in [0.05, 0.1) is 0 Å². The van der Waals surface area contributed by atoms with Crippen LogP contribution in [0, 0.1) is 5.92 Å². The molecule has 0 rings (SSSR count). The van der Waals surface area contributed by atoms with Gasteiger partial charge in [-0.1, -0.05) is 52.2 Å². The average molecular weight is 168 g/mol. The molecule has 0 heteroatoms. The zero-order valence-corrected chi connectivity index (χ0v) is 8.97. The van der Waals surface area contributed by atoms with Crippen LogP contribution in [0.1, 0.15) is 59.3 Å². The van der Waals surface area contributed by atoms with Gasteiger partial charge in [-0.2, -0.15) is 0 Å². The van der Waals surface area contributed by atoms with Crippen LogP contribution in [0.4, 0.5) is 0 Å². The second-order valence-corrected chi connectivity index (χ2v) is 3.70. The molecule has 0 aromatic rings. The van der Waals surface area contributed by atoms with Crippen molar-refractivity contribution in [3.63, 3.8) is 0 Å². The van der Waals surface area contributed by atoms with Gasteiger partial charge < -0.3 is 0 Å². The Labute approximate surface area is 78.1 Å². The summed E-state index contributed by atoms with van der Waals surface area (Å²) in [6, 6.07) is 0. The third-order valence-electron chi connectivity index (χ3n) is 2.39. The van der Waals surface area contributed by atoms with Gasteiger partial charge in [-0.25, -0.2) is 0 Å². The van der Waals surface area contributed by atoms with Crippen LogP contribution in [-0.2, 0) is 0 Å².